The number of nitrogens with two attached hydrogens (primary N) is 1. The number of allylic oxidation sites excluding steroid dienone is 2. The third kappa shape index (κ3) is 5.65. The molecule has 2 aromatic heterocycles. The molecule has 14 nitrogen and oxygen atoms in total. The quantitative estimate of drug-likeness (QED) is 0.125. The van der Waals surface area contributed by atoms with Crippen molar-refractivity contribution in [2.75, 3.05) is 18.6 Å². The Labute approximate surface area is 223 Å². The average Bonchev–Trinajstić information content (AvgIpc) is 3.30. The van der Waals surface area contributed by atoms with Gasteiger partial charge < -0.3 is 26.1 Å². The van der Waals surface area contributed by atoms with Crippen LogP contribution in [0.4, 0.5) is 5.13 Å². The summed E-state index contributed by atoms with van der Waals surface area (Å²) in [7, 11) is 1.24. The topological polar surface area (TPSA) is 201 Å². The fourth-order valence-electron chi connectivity index (χ4n) is 3.87. The molecule has 1 fully saturated rings. The maximum atomic E-state index is 12.9. The number of carboxylic acid groups (broad SMARTS) is 2. The predicted octanol–water partition coefficient (Wildman–Crippen LogP) is -0.620. The number of hydrogen-bond donors (Lipinski definition) is 4. The highest BCUT2D eigenvalue weighted by molar-refractivity contribution is 8.00. The standard InChI is InChI=1S/C22H21N7O7S2/c1-36-26-14(17-25-22(23)38-27-17)18(32)24-15-19(33)29-16(21(34)35)12(10-37-20(15)29)5-3-7-28-6-2-4-11(9-28)8-13(30)31/h2-6,9,15,20H,7-8,10H2,1H3,(H4-,23,24,25,27,30,31,32,34,35)/p+1/t15?,20-/m1/s1. The van der Waals surface area contributed by atoms with Crippen LogP contribution in [0.1, 0.15) is 11.4 Å². The van der Waals surface area contributed by atoms with Crippen LogP contribution in [0.25, 0.3) is 0 Å². The molecule has 38 heavy (non-hydrogen) atoms. The predicted molar refractivity (Wildman–Crippen MR) is 135 cm³/mol. The summed E-state index contributed by atoms with van der Waals surface area (Å²) in [5.41, 5.74) is 6.20. The summed E-state index contributed by atoms with van der Waals surface area (Å²) in [6.45, 7) is 0.362. The van der Waals surface area contributed by atoms with Crippen LogP contribution in [0, 0.1) is 0 Å². The normalized spacial score (nSPS) is 19.2. The number of hydrogen-bond acceptors (Lipinski definition) is 11. The molecule has 2 atom stereocenters. The molecule has 0 aromatic carbocycles. The van der Waals surface area contributed by atoms with Gasteiger partial charge in [-0.15, -0.1) is 11.8 Å². The Kier molecular flexibility index (Phi) is 8.02. The average molecular weight is 561 g/mol. The summed E-state index contributed by atoms with van der Waals surface area (Å²) >= 11 is 2.17. The van der Waals surface area contributed by atoms with Crippen LogP contribution in [0.15, 0.2) is 53.1 Å². The fourth-order valence-corrected chi connectivity index (χ4v) is 5.63. The summed E-state index contributed by atoms with van der Waals surface area (Å²) in [4.78, 5) is 58.5. The number of anilines is 1. The molecule has 0 bridgehead atoms. The van der Waals surface area contributed by atoms with Crippen LogP contribution in [0.3, 0.4) is 0 Å². The van der Waals surface area contributed by atoms with Crippen molar-refractivity contribution in [3.63, 3.8) is 0 Å². The molecular weight excluding hydrogens is 538 g/mol. The van der Waals surface area contributed by atoms with Crippen molar-refractivity contribution >= 4 is 57.9 Å². The Morgan fingerprint density at radius 1 is 1.39 bits per heavy atom. The minimum absolute atomic E-state index is 0.0586. The first-order chi connectivity index (χ1) is 18.2. The number of fused-ring (bicyclic) bond motifs is 1. The van der Waals surface area contributed by atoms with E-state index in [9.17, 15) is 24.3 Å². The van der Waals surface area contributed by atoms with Crippen molar-refractivity contribution < 1.29 is 38.8 Å². The first-order valence-electron chi connectivity index (χ1n) is 11.0. The highest BCUT2D eigenvalue weighted by atomic mass is 32.2. The fraction of sp³-hybridized carbons (Fsp3) is 0.273. The highest BCUT2D eigenvalue weighted by Gasteiger charge is 2.54. The van der Waals surface area contributed by atoms with Crippen molar-refractivity contribution in [1.29, 1.82) is 0 Å². The van der Waals surface area contributed by atoms with E-state index in [-0.39, 0.29) is 34.5 Å². The largest absolute Gasteiger partial charge is 0.481 e. The van der Waals surface area contributed by atoms with Crippen molar-refractivity contribution in [1.82, 2.24) is 19.6 Å². The molecule has 2 aromatic rings. The number of carboxylic acids is 2. The van der Waals surface area contributed by atoms with Gasteiger partial charge >= 0.3 is 11.9 Å². The highest BCUT2D eigenvalue weighted by Crippen LogP contribution is 2.40. The van der Waals surface area contributed by atoms with Gasteiger partial charge in [-0.1, -0.05) is 11.2 Å². The monoisotopic (exact) mass is 560 g/mol. The van der Waals surface area contributed by atoms with Gasteiger partial charge in [0.1, 0.15) is 24.2 Å². The second-order valence-electron chi connectivity index (χ2n) is 8.00. The maximum Gasteiger partial charge on any atom is 0.352 e. The Morgan fingerprint density at radius 3 is 2.84 bits per heavy atom. The number of nitrogen functional groups attached to an aromatic ring is 1. The Balaban J connectivity index is 1.47. The van der Waals surface area contributed by atoms with E-state index in [0.29, 0.717) is 17.7 Å². The number of carbonyl (C=O) groups excluding carboxylic acids is 2. The minimum Gasteiger partial charge on any atom is -0.481 e. The first-order valence-corrected chi connectivity index (χ1v) is 12.8. The van der Waals surface area contributed by atoms with Crippen LogP contribution in [-0.4, -0.2) is 78.2 Å². The molecule has 2 aliphatic rings. The van der Waals surface area contributed by atoms with Gasteiger partial charge in [-0.25, -0.2) is 9.36 Å². The summed E-state index contributed by atoms with van der Waals surface area (Å²) in [6.07, 6.45) is 6.70. The molecule has 2 amide bonds. The van der Waals surface area contributed by atoms with Gasteiger partial charge in [0.2, 0.25) is 11.5 Å². The van der Waals surface area contributed by atoms with E-state index in [0.717, 1.165) is 16.4 Å². The van der Waals surface area contributed by atoms with Gasteiger partial charge in [0.25, 0.3) is 11.8 Å². The molecule has 16 heteroatoms. The van der Waals surface area contributed by atoms with E-state index in [1.807, 2.05) is 0 Å². The lowest BCUT2D eigenvalue weighted by atomic mass is 10.0. The molecule has 4 rings (SSSR count). The minimum atomic E-state index is -1.27. The number of nitrogens with zero attached hydrogens (tertiary/aromatic N) is 5. The number of rotatable bonds is 10. The molecule has 198 valence electrons. The number of aromatic nitrogens is 3. The second-order valence-corrected chi connectivity index (χ2v) is 9.89. The molecule has 0 radical (unpaired) electrons. The molecular formula is C22H22N7O7S2+. The van der Waals surface area contributed by atoms with Gasteiger partial charge in [0.05, 0.1) is 6.42 Å². The van der Waals surface area contributed by atoms with Crippen LogP contribution >= 0.6 is 23.3 Å². The first kappa shape index (κ1) is 26.7. The third-order valence-corrected chi connectivity index (χ3v) is 7.29. The van der Waals surface area contributed by atoms with Crippen LogP contribution in [0.5, 0.6) is 0 Å². The second kappa shape index (κ2) is 11.4. The number of thioether (sulfide) groups is 1. The van der Waals surface area contributed by atoms with Gasteiger partial charge in [0.15, 0.2) is 24.1 Å². The number of oxime groups is 1. The van der Waals surface area contributed by atoms with Gasteiger partial charge in [-0.3, -0.25) is 19.3 Å². The van der Waals surface area contributed by atoms with E-state index in [1.54, 1.807) is 41.2 Å². The number of nitrogens with one attached hydrogen (secondary N) is 1. The molecule has 1 unspecified atom stereocenters. The number of carbonyl (C=O) groups is 4. The zero-order valence-electron chi connectivity index (χ0n) is 19.8. The zero-order chi connectivity index (χ0) is 27.4. The lowest BCUT2D eigenvalue weighted by molar-refractivity contribution is -0.687. The molecule has 0 saturated carbocycles. The molecule has 4 heterocycles. The molecule has 2 aliphatic heterocycles. The smallest absolute Gasteiger partial charge is 0.352 e. The van der Waals surface area contributed by atoms with Crippen molar-refractivity contribution in [3.8, 4) is 0 Å². The van der Waals surface area contributed by atoms with Gasteiger partial charge in [-0.2, -0.15) is 9.36 Å². The van der Waals surface area contributed by atoms with E-state index in [2.05, 4.69) is 19.8 Å². The lowest BCUT2D eigenvalue weighted by Gasteiger charge is -2.49. The van der Waals surface area contributed by atoms with E-state index in [4.69, 9.17) is 15.7 Å². The molecule has 0 spiro atoms. The maximum absolute atomic E-state index is 12.9. The summed E-state index contributed by atoms with van der Waals surface area (Å²) in [6, 6.07) is 2.44. The molecule has 1 saturated heterocycles. The Hall–Kier alpha value is -4.31. The molecule has 5 N–H and O–H groups in total. The van der Waals surface area contributed by atoms with Crippen LogP contribution in [-0.2, 0) is 37.0 Å². The van der Waals surface area contributed by atoms with Gasteiger partial charge in [0, 0.05) is 28.9 Å². The third-order valence-electron chi connectivity index (χ3n) is 5.45. The van der Waals surface area contributed by atoms with E-state index >= 15 is 0 Å². The van der Waals surface area contributed by atoms with Crippen molar-refractivity contribution in [2.24, 2.45) is 5.16 Å². The SMILES string of the molecule is CON=C(C(=O)NC1C(=O)N2C(C(=O)O)=C(C=CC[n+]3cccc(CC(=O)O)c3)CS[C@H]12)c1nsc(N)n1. The van der Waals surface area contributed by atoms with Crippen molar-refractivity contribution in [3.05, 3.63) is 59.3 Å². The zero-order valence-corrected chi connectivity index (χ0v) is 21.4. The number of pyridine rings is 1. The number of β-lactam (4-membered cyclic amide) rings is 1. The van der Waals surface area contributed by atoms with Crippen LogP contribution in [0.2, 0.25) is 0 Å². The summed E-state index contributed by atoms with van der Waals surface area (Å²) in [5, 5.41) is 24.5. The Morgan fingerprint density at radius 2 is 2.18 bits per heavy atom. The van der Waals surface area contributed by atoms with E-state index < -0.39 is 35.2 Å². The summed E-state index contributed by atoms with van der Waals surface area (Å²) < 4.78 is 5.70. The van der Waals surface area contributed by atoms with Crippen LogP contribution < -0.4 is 15.6 Å². The number of amides is 2. The van der Waals surface area contributed by atoms with E-state index in [1.165, 1.54) is 18.9 Å². The van der Waals surface area contributed by atoms with Crippen molar-refractivity contribution in [2.45, 2.75) is 24.4 Å². The Bertz CT molecular complexity index is 1390. The van der Waals surface area contributed by atoms with Gasteiger partial charge in [-0.05, 0) is 17.7 Å². The molecule has 0 aliphatic carbocycles. The number of aliphatic carboxylic acids is 2. The summed E-state index contributed by atoms with van der Waals surface area (Å²) in [5.74, 6) is -3.34. The lowest BCUT2D eigenvalue weighted by Crippen LogP contribution is -2.71.